The fourth-order valence-corrected chi connectivity index (χ4v) is 4.13. The van der Waals surface area contributed by atoms with Crippen LogP contribution in [-0.4, -0.2) is 71.1 Å². The van der Waals surface area contributed by atoms with E-state index in [9.17, 15) is 24.3 Å². The van der Waals surface area contributed by atoms with Crippen LogP contribution in [0.4, 0.5) is 4.79 Å². The molecule has 0 bridgehead atoms. The number of guanidine groups is 1. The van der Waals surface area contributed by atoms with Crippen LogP contribution in [0, 0.1) is 5.92 Å². The van der Waals surface area contributed by atoms with Crippen LogP contribution in [0.5, 0.6) is 0 Å². The van der Waals surface area contributed by atoms with Gasteiger partial charge < -0.3 is 36.8 Å². The number of rotatable bonds is 13. The monoisotopic (exact) mass is 518 g/mol. The minimum atomic E-state index is -1.09. The van der Waals surface area contributed by atoms with E-state index in [0.717, 1.165) is 5.56 Å². The molecule has 0 spiro atoms. The molecule has 1 heterocycles. The summed E-state index contributed by atoms with van der Waals surface area (Å²) in [7, 11) is 0. The van der Waals surface area contributed by atoms with Gasteiger partial charge in [-0.05, 0) is 43.6 Å². The van der Waals surface area contributed by atoms with Gasteiger partial charge in [-0.15, -0.1) is 0 Å². The smallest absolute Gasteiger partial charge is 0.408 e. The number of hydrogen-bond acceptors (Lipinski definition) is 6. The predicted molar refractivity (Wildman–Crippen MR) is 137 cm³/mol. The number of alkyl carbamates (subject to hydrolysis) is 1. The molecule has 0 aromatic heterocycles. The van der Waals surface area contributed by atoms with E-state index < -0.39 is 42.0 Å². The van der Waals surface area contributed by atoms with Crippen molar-refractivity contribution in [1.29, 1.82) is 0 Å². The fourth-order valence-electron chi connectivity index (χ4n) is 4.13. The van der Waals surface area contributed by atoms with Crippen molar-refractivity contribution in [2.75, 3.05) is 13.1 Å². The average Bonchev–Trinajstić information content (AvgIpc) is 3.34. The Morgan fingerprint density at radius 1 is 1.14 bits per heavy atom. The summed E-state index contributed by atoms with van der Waals surface area (Å²) in [5, 5.41) is 14.8. The highest BCUT2D eigenvalue weighted by molar-refractivity contribution is 5.93. The number of nitrogens with two attached hydrogens (primary N) is 2. The molecule has 1 aliphatic heterocycles. The second-order valence-electron chi connectivity index (χ2n) is 9.43. The van der Waals surface area contributed by atoms with Crippen molar-refractivity contribution in [3.63, 3.8) is 0 Å². The lowest BCUT2D eigenvalue weighted by Crippen LogP contribution is -2.56. The second-order valence-corrected chi connectivity index (χ2v) is 9.43. The summed E-state index contributed by atoms with van der Waals surface area (Å²) in [5.74, 6) is -2.17. The molecule has 37 heavy (non-hydrogen) atoms. The summed E-state index contributed by atoms with van der Waals surface area (Å²) >= 11 is 0. The van der Waals surface area contributed by atoms with Crippen molar-refractivity contribution in [1.82, 2.24) is 15.5 Å². The third kappa shape index (κ3) is 9.98. The summed E-state index contributed by atoms with van der Waals surface area (Å²) < 4.78 is 5.26. The second kappa shape index (κ2) is 14.7. The van der Waals surface area contributed by atoms with E-state index in [4.69, 9.17) is 16.2 Å². The Bertz CT molecular complexity index is 950. The molecule has 7 N–H and O–H groups in total. The number of carbonyl (C=O) groups is 4. The van der Waals surface area contributed by atoms with E-state index in [1.165, 1.54) is 4.90 Å². The van der Waals surface area contributed by atoms with E-state index in [1.807, 2.05) is 44.2 Å². The van der Waals surface area contributed by atoms with Crippen LogP contribution in [-0.2, 0) is 25.7 Å². The number of ether oxygens (including phenoxy) is 1. The zero-order chi connectivity index (χ0) is 27.4. The van der Waals surface area contributed by atoms with E-state index in [2.05, 4.69) is 15.6 Å². The molecule has 1 saturated heterocycles. The van der Waals surface area contributed by atoms with Crippen molar-refractivity contribution in [2.24, 2.45) is 22.4 Å². The Hall–Kier alpha value is -3.83. The van der Waals surface area contributed by atoms with Gasteiger partial charge in [-0.3, -0.25) is 14.6 Å². The first-order valence-corrected chi connectivity index (χ1v) is 12.4. The van der Waals surface area contributed by atoms with Crippen molar-refractivity contribution in [3.8, 4) is 0 Å². The van der Waals surface area contributed by atoms with E-state index in [-0.39, 0.29) is 38.0 Å². The summed E-state index contributed by atoms with van der Waals surface area (Å²) in [6, 6.07) is 6.23. The van der Waals surface area contributed by atoms with Gasteiger partial charge in [-0.2, -0.15) is 0 Å². The number of likely N-dealkylation sites (tertiary alicyclic amines) is 1. The minimum absolute atomic E-state index is 0.0418. The summed E-state index contributed by atoms with van der Waals surface area (Å²) in [4.78, 5) is 55.8. The summed E-state index contributed by atoms with van der Waals surface area (Å²) in [6.07, 6.45) is 1.02. The Morgan fingerprint density at radius 2 is 1.84 bits per heavy atom. The molecule has 0 unspecified atom stereocenters. The first-order valence-electron chi connectivity index (χ1n) is 12.4. The molecular weight excluding hydrogens is 480 g/mol. The molecule has 204 valence electrons. The van der Waals surface area contributed by atoms with Gasteiger partial charge in [0.2, 0.25) is 11.8 Å². The lowest BCUT2D eigenvalue weighted by molar-refractivity contribution is -0.149. The van der Waals surface area contributed by atoms with Gasteiger partial charge in [0.05, 0.1) is 0 Å². The highest BCUT2D eigenvalue weighted by Crippen LogP contribution is 2.20. The van der Waals surface area contributed by atoms with Crippen LogP contribution in [0.3, 0.4) is 0 Å². The lowest BCUT2D eigenvalue weighted by Gasteiger charge is -2.29. The summed E-state index contributed by atoms with van der Waals surface area (Å²) in [6.45, 7) is 4.37. The molecule has 1 aliphatic rings. The molecule has 1 fully saturated rings. The van der Waals surface area contributed by atoms with Gasteiger partial charge in [-0.1, -0.05) is 44.2 Å². The molecule has 1 aromatic carbocycles. The number of carboxylic acid groups (broad SMARTS) is 1. The molecule has 3 atom stereocenters. The molecular formula is C25H38N6O6. The SMILES string of the molecule is CC(C)C[C@H](NC(=O)OCc1ccccc1)C(=O)N[C@@H](CCCN=C(N)N)C(=O)N1CCC[C@H]1C(=O)O. The van der Waals surface area contributed by atoms with E-state index in [1.54, 1.807) is 0 Å². The van der Waals surface area contributed by atoms with Crippen LogP contribution in [0.2, 0.25) is 0 Å². The number of benzene rings is 1. The molecule has 1 aromatic rings. The Morgan fingerprint density at radius 3 is 2.46 bits per heavy atom. The Balaban J connectivity index is 2.10. The molecule has 2 rings (SSSR count). The number of nitrogens with one attached hydrogen (secondary N) is 2. The predicted octanol–water partition coefficient (Wildman–Crippen LogP) is 0.942. The van der Waals surface area contributed by atoms with Crippen LogP contribution in [0.1, 0.15) is 51.5 Å². The quantitative estimate of drug-likeness (QED) is 0.145. The van der Waals surface area contributed by atoms with E-state index >= 15 is 0 Å². The van der Waals surface area contributed by atoms with Gasteiger partial charge in [0.25, 0.3) is 0 Å². The number of nitrogens with zero attached hydrogens (tertiary/aromatic N) is 2. The van der Waals surface area contributed by atoms with Crippen LogP contribution in [0.25, 0.3) is 0 Å². The normalized spacial score (nSPS) is 16.5. The van der Waals surface area contributed by atoms with Gasteiger partial charge in [0.15, 0.2) is 5.96 Å². The maximum Gasteiger partial charge on any atom is 0.408 e. The van der Waals surface area contributed by atoms with Crippen molar-refractivity contribution in [3.05, 3.63) is 35.9 Å². The Kier molecular flexibility index (Phi) is 11.7. The molecule has 0 saturated carbocycles. The average molecular weight is 519 g/mol. The molecule has 0 aliphatic carbocycles. The van der Waals surface area contributed by atoms with Crippen LogP contribution in [0.15, 0.2) is 35.3 Å². The highest BCUT2D eigenvalue weighted by atomic mass is 16.5. The largest absolute Gasteiger partial charge is 0.480 e. The third-order valence-corrected chi connectivity index (χ3v) is 5.91. The van der Waals surface area contributed by atoms with Crippen molar-refractivity contribution < 1.29 is 29.0 Å². The van der Waals surface area contributed by atoms with Gasteiger partial charge >= 0.3 is 12.1 Å². The number of hydrogen-bond donors (Lipinski definition) is 5. The maximum absolute atomic E-state index is 13.3. The van der Waals surface area contributed by atoms with Crippen molar-refractivity contribution >= 4 is 29.8 Å². The van der Waals surface area contributed by atoms with E-state index in [0.29, 0.717) is 25.7 Å². The zero-order valence-corrected chi connectivity index (χ0v) is 21.4. The first-order chi connectivity index (χ1) is 17.6. The molecule has 0 radical (unpaired) electrons. The summed E-state index contributed by atoms with van der Waals surface area (Å²) in [5.41, 5.74) is 11.5. The standard InChI is InChI=1S/C25H38N6O6/c1-16(2)14-19(30-25(36)37-15-17-8-4-3-5-9-17)21(32)29-18(10-6-12-28-24(26)27)22(33)31-13-7-11-20(31)23(34)35/h3-5,8-9,16,18-20H,6-7,10-15H2,1-2H3,(H,29,32)(H,30,36)(H,34,35)(H4,26,27,28)/t18-,19-,20-/m0/s1. The van der Waals surface area contributed by atoms with Gasteiger partial charge in [0.1, 0.15) is 24.7 Å². The first kappa shape index (κ1) is 29.4. The molecule has 3 amide bonds. The minimum Gasteiger partial charge on any atom is -0.480 e. The molecule has 12 nitrogen and oxygen atoms in total. The number of amides is 3. The number of aliphatic imine (C=N–C) groups is 1. The number of carbonyl (C=O) groups excluding carboxylic acids is 3. The maximum atomic E-state index is 13.3. The van der Waals surface area contributed by atoms with Crippen LogP contribution < -0.4 is 22.1 Å². The van der Waals surface area contributed by atoms with Gasteiger partial charge in [0, 0.05) is 13.1 Å². The third-order valence-electron chi connectivity index (χ3n) is 5.91. The highest BCUT2D eigenvalue weighted by Gasteiger charge is 2.38. The molecule has 12 heteroatoms. The fraction of sp³-hybridized carbons (Fsp3) is 0.560. The topological polar surface area (TPSA) is 189 Å². The number of aliphatic carboxylic acids is 1. The van der Waals surface area contributed by atoms with Crippen LogP contribution >= 0.6 is 0 Å². The van der Waals surface area contributed by atoms with Gasteiger partial charge in [-0.25, -0.2) is 9.59 Å². The number of carboxylic acids is 1. The Labute approximate surface area is 216 Å². The van der Waals surface area contributed by atoms with Crippen molar-refractivity contribution in [2.45, 2.75) is 70.7 Å². The lowest BCUT2D eigenvalue weighted by atomic mass is 10.0. The zero-order valence-electron chi connectivity index (χ0n) is 21.4.